The molecule has 0 saturated heterocycles. The van der Waals surface area contributed by atoms with Crippen LogP contribution in [-0.2, 0) is 16.4 Å². The molecule has 0 aliphatic carbocycles. The Morgan fingerprint density at radius 3 is 2.84 bits per heavy atom. The molecule has 0 fully saturated rings. The Bertz CT molecular complexity index is 661. The van der Waals surface area contributed by atoms with Crippen molar-refractivity contribution in [3.8, 4) is 0 Å². The van der Waals surface area contributed by atoms with Gasteiger partial charge in [-0.2, -0.15) is 0 Å². The summed E-state index contributed by atoms with van der Waals surface area (Å²) in [5.74, 6) is 0. The van der Waals surface area contributed by atoms with Crippen molar-refractivity contribution in [1.82, 2.24) is 9.71 Å². The van der Waals surface area contributed by atoms with Crippen LogP contribution in [0.5, 0.6) is 0 Å². The number of nitrogens with two attached hydrogens (primary N) is 1. The Kier molecular flexibility index (Phi) is 4.63. The van der Waals surface area contributed by atoms with Gasteiger partial charge in [-0.15, -0.1) is 22.7 Å². The maximum absolute atomic E-state index is 12.0. The van der Waals surface area contributed by atoms with Crippen LogP contribution < -0.4 is 10.5 Å². The van der Waals surface area contributed by atoms with Gasteiger partial charge in [0.25, 0.3) is 0 Å². The highest BCUT2D eigenvalue weighted by Crippen LogP contribution is 2.21. The highest BCUT2D eigenvalue weighted by atomic mass is 32.2. The van der Waals surface area contributed by atoms with Gasteiger partial charge in [-0.05, 0) is 12.1 Å². The van der Waals surface area contributed by atoms with Gasteiger partial charge in [0.2, 0.25) is 10.0 Å². The summed E-state index contributed by atoms with van der Waals surface area (Å²) < 4.78 is 26.7. The van der Waals surface area contributed by atoms with Crippen molar-refractivity contribution in [3.05, 3.63) is 33.6 Å². The molecule has 0 aliphatic heterocycles. The second kappa shape index (κ2) is 6.06. The Hall–Kier alpha value is -0.870. The fourth-order valence-electron chi connectivity index (χ4n) is 1.34. The lowest BCUT2D eigenvalue weighted by Gasteiger charge is -2.02. The minimum Gasteiger partial charge on any atom is -0.389 e. The van der Waals surface area contributed by atoms with Crippen LogP contribution in [0.15, 0.2) is 27.9 Å². The number of aromatic nitrogens is 1. The van der Waals surface area contributed by atoms with E-state index in [0.29, 0.717) is 17.8 Å². The largest absolute Gasteiger partial charge is 0.389 e. The highest BCUT2D eigenvalue weighted by molar-refractivity contribution is 7.91. The lowest BCUT2D eigenvalue weighted by Crippen LogP contribution is -2.25. The van der Waals surface area contributed by atoms with Crippen LogP contribution in [0.1, 0.15) is 9.88 Å². The van der Waals surface area contributed by atoms with E-state index in [2.05, 4.69) is 9.71 Å². The van der Waals surface area contributed by atoms with Gasteiger partial charge < -0.3 is 5.73 Å². The summed E-state index contributed by atoms with van der Waals surface area (Å²) in [5, 5.41) is 2.76. The molecule has 0 aliphatic rings. The molecule has 0 bridgehead atoms. The average Bonchev–Trinajstić information content (AvgIpc) is 2.99. The second-order valence-corrected chi connectivity index (χ2v) is 8.05. The molecule has 0 spiro atoms. The van der Waals surface area contributed by atoms with Gasteiger partial charge in [0.1, 0.15) is 9.20 Å². The van der Waals surface area contributed by atoms with Crippen molar-refractivity contribution in [2.45, 2.75) is 10.6 Å². The molecule has 0 saturated carbocycles. The summed E-state index contributed by atoms with van der Waals surface area (Å²) in [4.78, 5) is 4.88. The SMILES string of the molecule is NC(=S)c1ccc(S(=O)(=O)NCCc2nccs2)s1. The summed E-state index contributed by atoms with van der Waals surface area (Å²) in [6.07, 6.45) is 2.27. The fraction of sp³-hybridized carbons (Fsp3) is 0.200. The average molecular weight is 333 g/mol. The van der Waals surface area contributed by atoms with Gasteiger partial charge in [0.15, 0.2) is 0 Å². The van der Waals surface area contributed by atoms with Gasteiger partial charge in [0.05, 0.1) is 9.88 Å². The molecule has 9 heteroatoms. The molecular weight excluding hydrogens is 322 g/mol. The van der Waals surface area contributed by atoms with Gasteiger partial charge in [-0.1, -0.05) is 12.2 Å². The van der Waals surface area contributed by atoms with Gasteiger partial charge in [0, 0.05) is 24.5 Å². The van der Waals surface area contributed by atoms with Crippen molar-refractivity contribution < 1.29 is 8.42 Å². The monoisotopic (exact) mass is 333 g/mol. The summed E-state index contributed by atoms with van der Waals surface area (Å²) in [6, 6.07) is 3.12. The third kappa shape index (κ3) is 3.80. The van der Waals surface area contributed by atoms with Crippen LogP contribution in [0.3, 0.4) is 0 Å². The van der Waals surface area contributed by atoms with E-state index in [-0.39, 0.29) is 9.20 Å². The number of nitrogens with zero attached hydrogens (tertiary/aromatic N) is 1. The number of thiazole rings is 1. The van der Waals surface area contributed by atoms with Crippen LogP contribution in [0.4, 0.5) is 0 Å². The van der Waals surface area contributed by atoms with Crippen molar-refractivity contribution in [2.24, 2.45) is 5.73 Å². The molecule has 2 rings (SSSR count). The predicted octanol–water partition coefficient (Wildman–Crippen LogP) is 1.36. The van der Waals surface area contributed by atoms with Crippen molar-refractivity contribution in [2.75, 3.05) is 6.54 Å². The molecule has 5 nitrogen and oxygen atoms in total. The molecule has 2 heterocycles. The number of thiocarbonyl (C=S) groups is 1. The van der Waals surface area contributed by atoms with E-state index in [1.54, 1.807) is 12.3 Å². The summed E-state index contributed by atoms with van der Waals surface area (Å²) in [6.45, 7) is 0.316. The standard InChI is InChI=1S/C10H11N3O2S4/c11-10(16)7-1-2-9(18-7)19(14,15)13-4-3-8-12-5-6-17-8/h1-2,5-6,13H,3-4H2,(H2,11,16). The van der Waals surface area contributed by atoms with Crippen molar-refractivity contribution in [3.63, 3.8) is 0 Å². The Morgan fingerprint density at radius 1 is 1.47 bits per heavy atom. The Labute approximate surface area is 124 Å². The number of rotatable bonds is 6. The maximum atomic E-state index is 12.0. The van der Waals surface area contributed by atoms with Crippen LogP contribution >= 0.6 is 34.9 Å². The third-order valence-corrected chi connectivity index (χ3v) is 6.46. The molecule has 0 radical (unpaired) electrons. The summed E-state index contributed by atoms with van der Waals surface area (Å²) in [5.41, 5.74) is 5.45. The number of hydrogen-bond acceptors (Lipinski definition) is 6. The van der Waals surface area contributed by atoms with Gasteiger partial charge >= 0.3 is 0 Å². The minimum absolute atomic E-state index is 0.203. The first-order valence-corrected chi connectivity index (χ1v) is 8.85. The highest BCUT2D eigenvalue weighted by Gasteiger charge is 2.17. The Balaban J connectivity index is 1.99. The molecule has 0 aromatic carbocycles. The molecule has 0 amide bonds. The zero-order valence-electron chi connectivity index (χ0n) is 9.70. The number of hydrogen-bond donors (Lipinski definition) is 2. The van der Waals surface area contributed by atoms with E-state index in [0.717, 1.165) is 16.3 Å². The predicted molar refractivity (Wildman–Crippen MR) is 81.2 cm³/mol. The third-order valence-electron chi connectivity index (χ3n) is 2.20. The molecule has 2 aromatic rings. The maximum Gasteiger partial charge on any atom is 0.250 e. The molecule has 19 heavy (non-hydrogen) atoms. The lowest BCUT2D eigenvalue weighted by atomic mass is 10.5. The van der Waals surface area contributed by atoms with Gasteiger partial charge in [-0.25, -0.2) is 18.1 Å². The van der Waals surface area contributed by atoms with Crippen LogP contribution in [0.25, 0.3) is 0 Å². The molecule has 102 valence electrons. The Morgan fingerprint density at radius 2 is 2.26 bits per heavy atom. The minimum atomic E-state index is -3.50. The number of sulfonamides is 1. The first kappa shape index (κ1) is 14.5. The molecule has 2 aromatic heterocycles. The van der Waals surface area contributed by atoms with E-state index < -0.39 is 10.0 Å². The molecule has 3 N–H and O–H groups in total. The van der Waals surface area contributed by atoms with Crippen LogP contribution in [0.2, 0.25) is 0 Å². The lowest BCUT2D eigenvalue weighted by molar-refractivity contribution is 0.583. The molecule has 0 atom stereocenters. The molecular formula is C10H11N3O2S4. The summed E-state index contributed by atoms with van der Waals surface area (Å²) in [7, 11) is -3.50. The first-order chi connectivity index (χ1) is 8.99. The normalized spacial score (nSPS) is 11.6. The number of nitrogens with one attached hydrogen (secondary N) is 1. The summed E-state index contributed by atoms with van der Waals surface area (Å²) >= 11 is 7.37. The van der Waals surface area contributed by atoms with Crippen molar-refractivity contribution >= 4 is 49.9 Å². The fourth-order valence-corrected chi connectivity index (χ4v) is 4.39. The van der Waals surface area contributed by atoms with E-state index >= 15 is 0 Å². The topological polar surface area (TPSA) is 85.1 Å². The van der Waals surface area contributed by atoms with Crippen LogP contribution in [0, 0.1) is 0 Å². The van der Waals surface area contributed by atoms with Crippen molar-refractivity contribution in [1.29, 1.82) is 0 Å². The second-order valence-electron chi connectivity index (χ2n) is 3.56. The van der Waals surface area contributed by atoms with Crippen LogP contribution in [-0.4, -0.2) is 24.9 Å². The zero-order chi connectivity index (χ0) is 13.9. The van der Waals surface area contributed by atoms with E-state index in [1.807, 2.05) is 5.38 Å². The van der Waals surface area contributed by atoms with E-state index in [1.165, 1.54) is 17.4 Å². The quantitative estimate of drug-likeness (QED) is 0.780. The number of thiophene rings is 1. The zero-order valence-corrected chi connectivity index (χ0v) is 13.0. The first-order valence-electron chi connectivity index (χ1n) is 5.27. The van der Waals surface area contributed by atoms with Gasteiger partial charge in [-0.3, -0.25) is 0 Å². The van der Waals surface area contributed by atoms with E-state index in [4.69, 9.17) is 18.0 Å². The van der Waals surface area contributed by atoms with E-state index in [9.17, 15) is 8.42 Å². The molecule has 0 unspecified atom stereocenters. The smallest absolute Gasteiger partial charge is 0.250 e.